The van der Waals surface area contributed by atoms with Crippen molar-refractivity contribution in [3.8, 4) is 6.07 Å². The molecule has 1 heterocycles. The van der Waals surface area contributed by atoms with Crippen molar-refractivity contribution in [2.75, 3.05) is 13.1 Å². The quantitative estimate of drug-likeness (QED) is 0.771. The highest BCUT2D eigenvalue weighted by molar-refractivity contribution is 5.84. The summed E-state index contributed by atoms with van der Waals surface area (Å²) in [7, 11) is 0. The van der Waals surface area contributed by atoms with E-state index in [1.807, 2.05) is 19.9 Å². The zero-order valence-corrected chi connectivity index (χ0v) is 11.5. The molecule has 0 spiro atoms. The van der Waals surface area contributed by atoms with E-state index in [1.54, 1.807) is 4.90 Å². The van der Waals surface area contributed by atoms with Gasteiger partial charge in [0.05, 0.1) is 18.7 Å². The van der Waals surface area contributed by atoms with Crippen LogP contribution in [0.5, 0.6) is 0 Å². The number of carboxylic acids is 1. The Hall–Kier alpha value is -2.43. The van der Waals surface area contributed by atoms with Gasteiger partial charge >= 0.3 is 5.97 Å². The number of carbonyl (C=O) groups excluding carboxylic acids is 1. The maximum absolute atomic E-state index is 12.1. The third-order valence-corrected chi connectivity index (χ3v) is 2.49. The van der Waals surface area contributed by atoms with Crippen LogP contribution < -0.4 is 0 Å². The van der Waals surface area contributed by atoms with Crippen molar-refractivity contribution in [3.05, 3.63) is 11.9 Å². The second-order valence-electron chi connectivity index (χ2n) is 4.75. The van der Waals surface area contributed by atoms with Crippen molar-refractivity contribution in [2.45, 2.75) is 26.8 Å². The molecule has 8 heteroatoms. The minimum Gasteiger partial charge on any atom is -0.476 e. The molecule has 0 saturated carbocycles. The number of carboxylic acid groups (broad SMARTS) is 1. The Morgan fingerprint density at radius 1 is 1.55 bits per heavy atom. The molecule has 20 heavy (non-hydrogen) atoms. The Balaban J connectivity index is 2.68. The van der Waals surface area contributed by atoms with Crippen molar-refractivity contribution in [1.29, 1.82) is 5.26 Å². The fourth-order valence-electron chi connectivity index (χ4n) is 1.66. The number of amides is 1. The van der Waals surface area contributed by atoms with Crippen LogP contribution in [0, 0.1) is 17.2 Å². The highest BCUT2D eigenvalue weighted by Crippen LogP contribution is 2.03. The maximum atomic E-state index is 12.1. The SMILES string of the molecule is CC(C)CN(CCC#N)C(=O)Cn1cc(C(=O)O)nn1. The lowest BCUT2D eigenvalue weighted by Gasteiger charge is -2.23. The van der Waals surface area contributed by atoms with E-state index in [9.17, 15) is 9.59 Å². The van der Waals surface area contributed by atoms with Gasteiger partial charge in [-0.05, 0) is 5.92 Å². The largest absolute Gasteiger partial charge is 0.476 e. The van der Waals surface area contributed by atoms with Crippen molar-refractivity contribution in [1.82, 2.24) is 19.9 Å². The molecule has 108 valence electrons. The van der Waals surface area contributed by atoms with E-state index in [-0.39, 0.29) is 30.5 Å². The predicted molar refractivity (Wildman–Crippen MR) is 68.6 cm³/mol. The van der Waals surface area contributed by atoms with Gasteiger partial charge in [0.15, 0.2) is 5.69 Å². The zero-order chi connectivity index (χ0) is 15.1. The minimum atomic E-state index is -1.19. The van der Waals surface area contributed by atoms with Crippen molar-refractivity contribution in [3.63, 3.8) is 0 Å². The lowest BCUT2D eigenvalue weighted by Crippen LogP contribution is -2.37. The molecular weight excluding hydrogens is 262 g/mol. The summed E-state index contributed by atoms with van der Waals surface area (Å²) in [6, 6.07) is 2.00. The molecule has 0 fully saturated rings. The molecule has 0 aliphatic heterocycles. The molecule has 0 atom stereocenters. The van der Waals surface area contributed by atoms with Crippen LogP contribution in [0.3, 0.4) is 0 Å². The van der Waals surface area contributed by atoms with Gasteiger partial charge in [-0.3, -0.25) is 4.79 Å². The van der Waals surface area contributed by atoms with E-state index < -0.39 is 5.97 Å². The van der Waals surface area contributed by atoms with Crippen LogP contribution in [0.2, 0.25) is 0 Å². The molecule has 1 rings (SSSR count). The van der Waals surface area contributed by atoms with Crippen molar-refractivity contribution < 1.29 is 14.7 Å². The molecule has 1 aromatic rings. The number of carbonyl (C=O) groups is 2. The predicted octanol–water partition coefficient (Wildman–Crippen LogP) is 0.375. The fraction of sp³-hybridized carbons (Fsp3) is 0.583. The summed E-state index contributed by atoms with van der Waals surface area (Å²) in [6.07, 6.45) is 1.47. The van der Waals surface area contributed by atoms with Gasteiger partial charge in [-0.2, -0.15) is 5.26 Å². The Morgan fingerprint density at radius 2 is 2.25 bits per heavy atom. The molecule has 0 unspecified atom stereocenters. The van der Waals surface area contributed by atoms with E-state index in [1.165, 1.54) is 10.9 Å². The van der Waals surface area contributed by atoms with Crippen LogP contribution in [0.4, 0.5) is 0 Å². The molecule has 0 aliphatic rings. The second kappa shape index (κ2) is 7.23. The van der Waals surface area contributed by atoms with Crippen LogP contribution in [0.15, 0.2) is 6.20 Å². The summed E-state index contributed by atoms with van der Waals surface area (Å²) < 4.78 is 1.19. The molecular formula is C12H17N5O3. The number of hydrogen-bond donors (Lipinski definition) is 1. The van der Waals surface area contributed by atoms with Crippen molar-refractivity contribution in [2.24, 2.45) is 5.92 Å². The lowest BCUT2D eigenvalue weighted by molar-refractivity contribution is -0.132. The molecule has 0 aliphatic carbocycles. The first kappa shape index (κ1) is 15.6. The number of hydrogen-bond acceptors (Lipinski definition) is 5. The van der Waals surface area contributed by atoms with E-state index in [0.29, 0.717) is 13.1 Å². The summed E-state index contributed by atoms with van der Waals surface area (Å²) >= 11 is 0. The second-order valence-corrected chi connectivity index (χ2v) is 4.75. The molecule has 0 bridgehead atoms. The van der Waals surface area contributed by atoms with Gasteiger partial charge in [0.2, 0.25) is 5.91 Å². The Labute approximate surface area is 116 Å². The average molecular weight is 279 g/mol. The first-order chi connectivity index (χ1) is 9.43. The third-order valence-electron chi connectivity index (χ3n) is 2.49. The average Bonchev–Trinajstić information content (AvgIpc) is 2.82. The first-order valence-corrected chi connectivity index (χ1v) is 6.22. The van der Waals surface area contributed by atoms with Gasteiger partial charge in [-0.25, -0.2) is 9.48 Å². The van der Waals surface area contributed by atoms with Crippen LogP contribution in [0.1, 0.15) is 30.8 Å². The maximum Gasteiger partial charge on any atom is 0.358 e. The van der Waals surface area contributed by atoms with E-state index >= 15 is 0 Å². The van der Waals surface area contributed by atoms with Crippen LogP contribution in [-0.4, -0.2) is 50.0 Å². The lowest BCUT2D eigenvalue weighted by atomic mass is 10.2. The number of nitriles is 1. The number of aromatic nitrogens is 3. The highest BCUT2D eigenvalue weighted by atomic mass is 16.4. The van der Waals surface area contributed by atoms with E-state index in [4.69, 9.17) is 10.4 Å². The summed E-state index contributed by atoms with van der Waals surface area (Å²) in [6.45, 7) is 4.77. The molecule has 1 amide bonds. The molecule has 8 nitrogen and oxygen atoms in total. The molecule has 0 radical (unpaired) electrons. The molecule has 0 saturated heterocycles. The highest BCUT2D eigenvalue weighted by Gasteiger charge is 2.17. The summed E-state index contributed by atoms with van der Waals surface area (Å²) in [5.74, 6) is -1.12. The van der Waals surface area contributed by atoms with E-state index in [0.717, 1.165) is 0 Å². The van der Waals surface area contributed by atoms with Crippen molar-refractivity contribution >= 4 is 11.9 Å². The topological polar surface area (TPSA) is 112 Å². The van der Waals surface area contributed by atoms with Gasteiger partial charge in [0.25, 0.3) is 0 Å². The Bertz CT molecular complexity index is 517. The first-order valence-electron chi connectivity index (χ1n) is 6.22. The van der Waals surface area contributed by atoms with Gasteiger partial charge < -0.3 is 10.0 Å². The molecule has 1 aromatic heterocycles. The normalized spacial score (nSPS) is 10.3. The number of rotatable bonds is 7. The zero-order valence-electron chi connectivity index (χ0n) is 11.5. The smallest absolute Gasteiger partial charge is 0.358 e. The Kier molecular flexibility index (Phi) is 5.65. The monoisotopic (exact) mass is 279 g/mol. The van der Waals surface area contributed by atoms with Crippen LogP contribution >= 0.6 is 0 Å². The van der Waals surface area contributed by atoms with Gasteiger partial charge in [0, 0.05) is 13.1 Å². The Morgan fingerprint density at radius 3 is 2.75 bits per heavy atom. The number of aromatic carboxylic acids is 1. The van der Waals surface area contributed by atoms with Gasteiger partial charge in [0.1, 0.15) is 6.54 Å². The van der Waals surface area contributed by atoms with Gasteiger partial charge in [-0.1, -0.05) is 19.1 Å². The van der Waals surface area contributed by atoms with Gasteiger partial charge in [-0.15, -0.1) is 5.10 Å². The fourth-order valence-corrected chi connectivity index (χ4v) is 1.66. The minimum absolute atomic E-state index is 0.0849. The summed E-state index contributed by atoms with van der Waals surface area (Å²) in [5.41, 5.74) is -0.203. The molecule has 0 aromatic carbocycles. The third kappa shape index (κ3) is 4.68. The van der Waals surface area contributed by atoms with E-state index in [2.05, 4.69) is 10.3 Å². The van der Waals surface area contributed by atoms with Crippen LogP contribution in [-0.2, 0) is 11.3 Å². The number of nitrogens with zero attached hydrogens (tertiary/aromatic N) is 5. The standard InChI is InChI=1S/C12H17N5O3/c1-9(2)6-16(5-3-4-13)11(18)8-17-7-10(12(19)20)14-15-17/h7,9H,3,5-6,8H2,1-2H3,(H,19,20). The molecule has 1 N–H and O–H groups in total. The van der Waals surface area contributed by atoms with Crippen LogP contribution in [0.25, 0.3) is 0 Å². The summed E-state index contributed by atoms with van der Waals surface area (Å²) in [4.78, 5) is 24.4. The summed E-state index contributed by atoms with van der Waals surface area (Å²) in [5, 5.41) is 24.4.